The minimum atomic E-state index is -0.359. The molecule has 0 bridgehead atoms. The van der Waals surface area contributed by atoms with Gasteiger partial charge in [0.1, 0.15) is 5.82 Å². The van der Waals surface area contributed by atoms with Gasteiger partial charge in [-0.05, 0) is 55.3 Å². The van der Waals surface area contributed by atoms with Gasteiger partial charge < -0.3 is 10.6 Å². The summed E-state index contributed by atoms with van der Waals surface area (Å²) in [5, 5.41) is 14.4. The third kappa shape index (κ3) is 4.34. The van der Waals surface area contributed by atoms with Crippen LogP contribution in [-0.4, -0.2) is 21.1 Å². The van der Waals surface area contributed by atoms with Crippen molar-refractivity contribution in [3.8, 4) is 0 Å². The highest BCUT2D eigenvalue weighted by Gasteiger charge is 2.13. The molecule has 1 amide bonds. The Bertz CT molecular complexity index is 890. The first-order chi connectivity index (χ1) is 12.5. The molecule has 0 radical (unpaired) electrons. The topological polar surface area (TPSA) is 79.8 Å². The lowest BCUT2D eigenvalue weighted by Crippen LogP contribution is -2.16. The van der Waals surface area contributed by atoms with Gasteiger partial charge in [0.2, 0.25) is 0 Å². The van der Waals surface area contributed by atoms with Crippen LogP contribution in [0.15, 0.2) is 48.7 Å². The summed E-state index contributed by atoms with van der Waals surface area (Å²) in [7, 11) is 0. The third-order valence-electron chi connectivity index (χ3n) is 3.74. The molecule has 0 unspecified atom stereocenters. The second-order valence-electron chi connectivity index (χ2n) is 5.87. The summed E-state index contributed by atoms with van der Waals surface area (Å²) in [5.41, 5.74) is 3.62. The molecular weight excluding hydrogens is 350 g/mol. The largest absolute Gasteiger partial charge is 0.363 e. The molecule has 0 saturated heterocycles. The number of nitrogens with zero attached hydrogens (tertiary/aromatic N) is 3. The molecule has 1 aromatic carbocycles. The predicted octanol–water partition coefficient (Wildman–Crippen LogP) is 4.01. The fourth-order valence-corrected chi connectivity index (χ4v) is 2.85. The molecular formula is C19H18ClN5O. The van der Waals surface area contributed by atoms with Gasteiger partial charge in [0.05, 0.1) is 22.9 Å². The zero-order valence-corrected chi connectivity index (χ0v) is 15.2. The average Bonchev–Trinajstić information content (AvgIpc) is 2.64. The van der Waals surface area contributed by atoms with Crippen LogP contribution in [0.2, 0.25) is 5.02 Å². The number of hydrogen-bond donors (Lipinski definition) is 2. The molecule has 0 spiro atoms. The summed E-state index contributed by atoms with van der Waals surface area (Å²) in [4.78, 5) is 16.6. The molecule has 3 aromatic rings. The van der Waals surface area contributed by atoms with Crippen molar-refractivity contribution in [1.82, 2.24) is 15.2 Å². The number of aryl methyl sites for hydroxylation is 2. The first kappa shape index (κ1) is 17.8. The van der Waals surface area contributed by atoms with Gasteiger partial charge in [-0.2, -0.15) is 0 Å². The molecule has 0 atom stereocenters. The van der Waals surface area contributed by atoms with Crippen molar-refractivity contribution >= 4 is 29.0 Å². The molecule has 7 heteroatoms. The van der Waals surface area contributed by atoms with Gasteiger partial charge in [-0.1, -0.05) is 23.7 Å². The molecule has 132 valence electrons. The molecule has 0 fully saturated rings. The summed E-state index contributed by atoms with van der Waals surface area (Å²) in [6.07, 6.45) is 1.73. The molecule has 6 nitrogen and oxygen atoms in total. The van der Waals surface area contributed by atoms with Gasteiger partial charge >= 0.3 is 0 Å². The summed E-state index contributed by atoms with van der Waals surface area (Å²) in [5.74, 6) is 0.208. The van der Waals surface area contributed by atoms with Crippen molar-refractivity contribution in [2.75, 3.05) is 10.6 Å². The van der Waals surface area contributed by atoms with Crippen LogP contribution in [0.5, 0.6) is 0 Å². The highest BCUT2D eigenvalue weighted by atomic mass is 35.5. The number of benzene rings is 1. The van der Waals surface area contributed by atoms with Gasteiger partial charge in [0.25, 0.3) is 5.91 Å². The van der Waals surface area contributed by atoms with Gasteiger partial charge in [-0.25, -0.2) is 0 Å². The SMILES string of the molecule is Cc1cc(C)c(NC(=O)c2ccc(NCc3ccccn3)nn2)c(Cl)c1. The lowest BCUT2D eigenvalue weighted by atomic mass is 10.1. The van der Waals surface area contributed by atoms with Crippen LogP contribution in [0, 0.1) is 13.8 Å². The van der Waals surface area contributed by atoms with E-state index in [0.717, 1.165) is 16.8 Å². The van der Waals surface area contributed by atoms with Crippen LogP contribution >= 0.6 is 11.6 Å². The van der Waals surface area contributed by atoms with Crippen molar-refractivity contribution < 1.29 is 4.79 Å². The number of halogens is 1. The summed E-state index contributed by atoms with van der Waals surface area (Å²) < 4.78 is 0. The maximum absolute atomic E-state index is 12.4. The fourth-order valence-electron chi connectivity index (χ4n) is 2.48. The number of carbonyl (C=O) groups excluding carboxylic acids is 1. The Labute approximate surface area is 156 Å². The van der Waals surface area contributed by atoms with Gasteiger partial charge in [0, 0.05) is 6.20 Å². The molecule has 0 saturated carbocycles. The molecule has 0 aliphatic rings. The quantitative estimate of drug-likeness (QED) is 0.712. The van der Waals surface area contributed by atoms with E-state index in [1.807, 2.05) is 38.1 Å². The van der Waals surface area contributed by atoms with Crippen molar-refractivity contribution in [3.63, 3.8) is 0 Å². The summed E-state index contributed by atoms with van der Waals surface area (Å²) in [6.45, 7) is 4.37. The number of pyridine rings is 1. The van der Waals surface area contributed by atoms with Crippen LogP contribution in [-0.2, 0) is 6.54 Å². The van der Waals surface area contributed by atoms with Crippen LogP contribution < -0.4 is 10.6 Å². The summed E-state index contributed by atoms with van der Waals surface area (Å²) >= 11 is 6.22. The number of carbonyl (C=O) groups is 1. The second-order valence-corrected chi connectivity index (χ2v) is 6.28. The van der Waals surface area contributed by atoms with Crippen molar-refractivity contribution in [3.05, 3.63) is 76.2 Å². The van der Waals surface area contributed by atoms with Crippen molar-refractivity contribution in [1.29, 1.82) is 0 Å². The Morgan fingerprint density at radius 3 is 2.62 bits per heavy atom. The zero-order chi connectivity index (χ0) is 18.5. The Hall–Kier alpha value is -2.99. The monoisotopic (exact) mass is 367 g/mol. The first-order valence-corrected chi connectivity index (χ1v) is 8.46. The van der Waals surface area contributed by atoms with E-state index in [0.29, 0.717) is 23.1 Å². The average molecular weight is 368 g/mol. The smallest absolute Gasteiger partial charge is 0.276 e. The third-order valence-corrected chi connectivity index (χ3v) is 4.04. The molecule has 26 heavy (non-hydrogen) atoms. The molecule has 0 aliphatic heterocycles. The zero-order valence-electron chi connectivity index (χ0n) is 14.5. The van der Waals surface area contributed by atoms with E-state index in [1.165, 1.54) is 0 Å². The Balaban J connectivity index is 1.66. The molecule has 2 heterocycles. The van der Waals surface area contributed by atoms with Gasteiger partial charge in [0.15, 0.2) is 5.69 Å². The van der Waals surface area contributed by atoms with E-state index in [-0.39, 0.29) is 11.6 Å². The normalized spacial score (nSPS) is 10.4. The van der Waals surface area contributed by atoms with E-state index >= 15 is 0 Å². The maximum atomic E-state index is 12.4. The van der Waals surface area contributed by atoms with Crippen LogP contribution in [0.25, 0.3) is 0 Å². The van der Waals surface area contributed by atoms with Crippen molar-refractivity contribution in [2.45, 2.75) is 20.4 Å². The lowest BCUT2D eigenvalue weighted by molar-refractivity contribution is 0.102. The highest BCUT2D eigenvalue weighted by Crippen LogP contribution is 2.27. The number of anilines is 2. The summed E-state index contributed by atoms with van der Waals surface area (Å²) in [6, 6.07) is 12.8. The fraction of sp³-hybridized carbons (Fsp3) is 0.158. The standard InChI is InChI=1S/C19H18ClN5O/c1-12-9-13(2)18(15(20)10-12)23-19(26)16-6-7-17(25-24-16)22-11-14-5-3-4-8-21-14/h3-10H,11H2,1-2H3,(H,22,25)(H,23,26). The highest BCUT2D eigenvalue weighted by molar-refractivity contribution is 6.34. The van der Waals surface area contributed by atoms with E-state index < -0.39 is 0 Å². The van der Waals surface area contributed by atoms with Crippen LogP contribution in [0.3, 0.4) is 0 Å². The molecule has 0 aliphatic carbocycles. The minimum absolute atomic E-state index is 0.212. The van der Waals surface area contributed by atoms with Gasteiger partial charge in [-0.3, -0.25) is 9.78 Å². The van der Waals surface area contributed by atoms with Crippen LogP contribution in [0.4, 0.5) is 11.5 Å². The van der Waals surface area contributed by atoms with Gasteiger partial charge in [-0.15, -0.1) is 10.2 Å². The first-order valence-electron chi connectivity index (χ1n) is 8.08. The molecule has 3 rings (SSSR count). The molecule has 2 N–H and O–H groups in total. The Morgan fingerprint density at radius 1 is 1.12 bits per heavy atom. The molecule has 2 aromatic heterocycles. The van der Waals surface area contributed by atoms with Crippen LogP contribution in [0.1, 0.15) is 27.3 Å². The van der Waals surface area contributed by atoms with E-state index in [2.05, 4.69) is 25.8 Å². The van der Waals surface area contributed by atoms with E-state index in [1.54, 1.807) is 24.4 Å². The van der Waals surface area contributed by atoms with E-state index in [9.17, 15) is 4.79 Å². The number of amides is 1. The Morgan fingerprint density at radius 2 is 1.96 bits per heavy atom. The number of hydrogen-bond acceptors (Lipinski definition) is 5. The second kappa shape index (κ2) is 7.93. The van der Waals surface area contributed by atoms with E-state index in [4.69, 9.17) is 11.6 Å². The number of rotatable bonds is 5. The Kier molecular flexibility index (Phi) is 5.43. The number of aromatic nitrogens is 3. The maximum Gasteiger partial charge on any atom is 0.276 e. The predicted molar refractivity (Wildman–Crippen MR) is 102 cm³/mol. The minimum Gasteiger partial charge on any atom is -0.363 e. The van der Waals surface area contributed by atoms with Crippen molar-refractivity contribution in [2.24, 2.45) is 0 Å². The lowest BCUT2D eigenvalue weighted by Gasteiger charge is -2.11. The number of nitrogens with one attached hydrogen (secondary N) is 2.